The van der Waals surface area contributed by atoms with Crippen LogP contribution in [0.5, 0.6) is 0 Å². The summed E-state index contributed by atoms with van der Waals surface area (Å²) in [5.41, 5.74) is 0. The molecule has 0 radical (unpaired) electrons. The number of likely N-dealkylation sites (tertiary alicyclic amines) is 1. The third kappa shape index (κ3) is 3.96. The number of aliphatic hydroxyl groups excluding tert-OH is 1. The van der Waals surface area contributed by atoms with Gasteiger partial charge in [-0.3, -0.25) is 9.69 Å². The standard InChI is InChI=1S/C16H31N3O2/c1-12-6-7-13(2)19(12)14(3)16(21)18(9-10-20)11-15-5-4-8-17-15/h12-15,17,20H,4-11H2,1-3H3. The summed E-state index contributed by atoms with van der Waals surface area (Å²) in [6.07, 6.45) is 4.65. The van der Waals surface area contributed by atoms with Gasteiger partial charge in [-0.05, 0) is 53.0 Å². The summed E-state index contributed by atoms with van der Waals surface area (Å²) < 4.78 is 0. The molecule has 122 valence electrons. The van der Waals surface area contributed by atoms with Crippen molar-refractivity contribution >= 4 is 5.91 Å². The Morgan fingerprint density at radius 3 is 2.52 bits per heavy atom. The lowest BCUT2D eigenvalue weighted by molar-refractivity contribution is -0.138. The van der Waals surface area contributed by atoms with Crippen LogP contribution < -0.4 is 5.32 Å². The Bertz CT molecular complexity index is 334. The van der Waals surface area contributed by atoms with Crippen LogP contribution in [0.1, 0.15) is 46.5 Å². The molecule has 2 rings (SSSR count). The van der Waals surface area contributed by atoms with Crippen LogP contribution >= 0.6 is 0 Å². The van der Waals surface area contributed by atoms with Crippen LogP contribution in [0.3, 0.4) is 0 Å². The second kappa shape index (κ2) is 7.56. The van der Waals surface area contributed by atoms with E-state index < -0.39 is 0 Å². The molecule has 0 aromatic heterocycles. The first-order valence-electron chi connectivity index (χ1n) is 8.45. The van der Waals surface area contributed by atoms with E-state index in [1.165, 1.54) is 19.3 Å². The van der Waals surface area contributed by atoms with Gasteiger partial charge in [0.15, 0.2) is 0 Å². The van der Waals surface area contributed by atoms with E-state index in [1.807, 2.05) is 11.8 Å². The predicted octanol–water partition coefficient (Wildman–Crippen LogP) is 0.821. The Labute approximate surface area is 128 Å². The van der Waals surface area contributed by atoms with Crippen LogP contribution in [-0.4, -0.2) is 71.2 Å². The summed E-state index contributed by atoms with van der Waals surface area (Å²) in [4.78, 5) is 17.0. The minimum Gasteiger partial charge on any atom is -0.395 e. The molecule has 0 saturated carbocycles. The predicted molar refractivity (Wildman–Crippen MR) is 84.1 cm³/mol. The number of hydrogen-bond acceptors (Lipinski definition) is 4. The first-order chi connectivity index (χ1) is 10.0. The summed E-state index contributed by atoms with van der Waals surface area (Å²) in [5, 5.41) is 12.7. The van der Waals surface area contributed by atoms with Crippen LogP contribution in [0.2, 0.25) is 0 Å². The lowest BCUT2D eigenvalue weighted by Gasteiger charge is -2.36. The Morgan fingerprint density at radius 2 is 2.00 bits per heavy atom. The van der Waals surface area contributed by atoms with Gasteiger partial charge in [0.2, 0.25) is 5.91 Å². The van der Waals surface area contributed by atoms with E-state index in [2.05, 4.69) is 24.1 Å². The number of hydrogen-bond donors (Lipinski definition) is 2. The van der Waals surface area contributed by atoms with Gasteiger partial charge >= 0.3 is 0 Å². The van der Waals surface area contributed by atoms with Crippen LogP contribution in [0, 0.1) is 0 Å². The van der Waals surface area contributed by atoms with Gasteiger partial charge < -0.3 is 15.3 Å². The highest BCUT2D eigenvalue weighted by Crippen LogP contribution is 2.26. The molecule has 2 heterocycles. The quantitative estimate of drug-likeness (QED) is 0.762. The lowest BCUT2D eigenvalue weighted by Crippen LogP contribution is -2.53. The fourth-order valence-electron chi connectivity index (χ4n) is 3.96. The summed E-state index contributed by atoms with van der Waals surface area (Å²) in [7, 11) is 0. The van der Waals surface area contributed by atoms with E-state index in [1.54, 1.807) is 0 Å². The van der Waals surface area contributed by atoms with Crippen LogP contribution in [-0.2, 0) is 4.79 Å². The molecule has 0 aromatic rings. The molecule has 5 nitrogen and oxygen atoms in total. The van der Waals surface area contributed by atoms with E-state index in [-0.39, 0.29) is 18.6 Å². The van der Waals surface area contributed by atoms with Crippen LogP contribution in [0.15, 0.2) is 0 Å². The zero-order valence-electron chi connectivity index (χ0n) is 13.7. The molecular formula is C16H31N3O2. The van der Waals surface area contributed by atoms with Crippen LogP contribution in [0.4, 0.5) is 0 Å². The van der Waals surface area contributed by atoms with Gasteiger partial charge in [-0.1, -0.05) is 0 Å². The second-order valence-corrected chi connectivity index (χ2v) is 6.70. The van der Waals surface area contributed by atoms with Gasteiger partial charge in [0.25, 0.3) is 0 Å². The fourth-order valence-corrected chi connectivity index (χ4v) is 3.96. The van der Waals surface area contributed by atoms with Crippen molar-refractivity contribution in [3.8, 4) is 0 Å². The van der Waals surface area contributed by atoms with E-state index in [4.69, 9.17) is 0 Å². The maximum atomic E-state index is 12.8. The molecule has 1 amide bonds. The molecule has 4 unspecified atom stereocenters. The van der Waals surface area contributed by atoms with Crippen molar-refractivity contribution in [3.63, 3.8) is 0 Å². The average molecular weight is 297 g/mol. The average Bonchev–Trinajstić information content (AvgIpc) is 3.07. The monoisotopic (exact) mass is 297 g/mol. The Morgan fingerprint density at radius 1 is 1.33 bits per heavy atom. The molecular weight excluding hydrogens is 266 g/mol. The zero-order chi connectivity index (χ0) is 15.4. The highest BCUT2D eigenvalue weighted by molar-refractivity contribution is 5.81. The molecule has 2 aliphatic rings. The molecule has 21 heavy (non-hydrogen) atoms. The second-order valence-electron chi connectivity index (χ2n) is 6.70. The third-order valence-corrected chi connectivity index (χ3v) is 5.11. The number of aliphatic hydroxyl groups is 1. The highest BCUT2D eigenvalue weighted by Gasteiger charge is 2.36. The Hall–Kier alpha value is -0.650. The Kier molecular flexibility index (Phi) is 6.02. The van der Waals surface area contributed by atoms with Crippen molar-refractivity contribution in [1.29, 1.82) is 0 Å². The number of rotatable bonds is 6. The van der Waals surface area contributed by atoms with E-state index >= 15 is 0 Å². The lowest BCUT2D eigenvalue weighted by atomic mass is 10.1. The topological polar surface area (TPSA) is 55.8 Å². The number of carbonyl (C=O) groups is 1. The highest BCUT2D eigenvalue weighted by atomic mass is 16.3. The zero-order valence-corrected chi connectivity index (χ0v) is 13.7. The smallest absolute Gasteiger partial charge is 0.239 e. The molecule has 2 N–H and O–H groups in total. The molecule has 2 aliphatic heterocycles. The summed E-state index contributed by atoms with van der Waals surface area (Å²) in [6, 6.07) is 1.24. The van der Waals surface area contributed by atoms with E-state index in [0.29, 0.717) is 24.7 Å². The molecule has 2 fully saturated rings. The molecule has 0 aliphatic carbocycles. The molecule has 2 saturated heterocycles. The first kappa shape index (κ1) is 16.7. The molecule has 4 atom stereocenters. The first-order valence-corrected chi connectivity index (χ1v) is 8.45. The SMILES string of the molecule is CC1CCC(C)N1C(C)C(=O)N(CCO)CC1CCCN1. The van der Waals surface area contributed by atoms with Gasteiger partial charge in [-0.25, -0.2) is 0 Å². The van der Waals surface area contributed by atoms with Gasteiger partial charge in [0.05, 0.1) is 12.6 Å². The minimum absolute atomic E-state index is 0.0380. The number of carbonyl (C=O) groups excluding carboxylic acids is 1. The fraction of sp³-hybridized carbons (Fsp3) is 0.938. The van der Waals surface area contributed by atoms with Crippen molar-refractivity contribution < 1.29 is 9.90 Å². The molecule has 5 heteroatoms. The van der Waals surface area contributed by atoms with Crippen molar-refractivity contribution in [2.75, 3.05) is 26.2 Å². The normalized spacial score (nSPS) is 31.5. The minimum atomic E-state index is -0.0922. The Balaban J connectivity index is 1.98. The van der Waals surface area contributed by atoms with E-state index in [0.717, 1.165) is 19.5 Å². The largest absolute Gasteiger partial charge is 0.395 e. The van der Waals surface area contributed by atoms with Crippen molar-refractivity contribution in [3.05, 3.63) is 0 Å². The maximum absolute atomic E-state index is 12.8. The third-order valence-electron chi connectivity index (χ3n) is 5.11. The summed E-state index contributed by atoms with van der Waals surface area (Å²) in [6.45, 7) is 8.69. The van der Waals surface area contributed by atoms with Gasteiger partial charge in [0, 0.05) is 31.2 Å². The maximum Gasteiger partial charge on any atom is 0.239 e. The van der Waals surface area contributed by atoms with Gasteiger partial charge in [-0.15, -0.1) is 0 Å². The number of amides is 1. The number of nitrogens with one attached hydrogen (secondary N) is 1. The van der Waals surface area contributed by atoms with E-state index in [9.17, 15) is 9.90 Å². The van der Waals surface area contributed by atoms with Crippen LogP contribution in [0.25, 0.3) is 0 Å². The van der Waals surface area contributed by atoms with Crippen molar-refractivity contribution in [2.45, 2.75) is 70.6 Å². The molecule has 0 aromatic carbocycles. The summed E-state index contributed by atoms with van der Waals surface area (Å²) in [5.74, 6) is 0.165. The molecule has 0 bridgehead atoms. The summed E-state index contributed by atoms with van der Waals surface area (Å²) >= 11 is 0. The van der Waals surface area contributed by atoms with Gasteiger partial charge in [0.1, 0.15) is 0 Å². The number of nitrogens with zero attached hydrogens (tertiary/aromatic N) is 2. The van der Waals surface area contributed by atoms with Crippen molar-refractivity contribution in [1.82, 2.24) is 15.1 Å². The molecule has 0 spiro atoms. The van der Waals surface area contributed by atoms with Crippen molar-refractivity contribution in [2.24, 2.45) is 0 Å². The van der Waals surface area contributed by atoms with Gasteiger partial charge in [-0.2, -0.15) is 0 Å².